The molecular weight excluding hydrogens is 440 g/mol. The summed E-state index contributed by atoms with van der Waals surface area (Å²) in [6, 6.07) is 19.4. The number of hydrogen-bond acceptors (Lipinski definition) is 7. The van der Waals surface area contributed by atoms with Crippen LogP contribution in [0.5, 0.6) is 11.5 Å². The van der Waals surface area contributed by atoms with Gasteiger partial charge in [-0.25, -0.2) is 5.43 Å². The molecule has 0 spiro atoms. The summed E-state index contributed by atoms with van der Waals surface area (Å²) in [6.07, 6.45) is 2.62. The number of carbonyl (C=O) groups excluding carboxylic acids is 2. The van der Waals surface area contributed by atoms with Crippen LogP contribution >= 0.6 is 0 Å². The molecule has 2 amide bonds. The van der Waals surface area contributed by atoms with Crippen molar-refractivity contribution in [3.05, 3.63) is 105 Å². The minimum absolute atomic E-state index is 0.0903. The molecule has 0 atom stereocenters. The number of fused-ring (bicyclic) bond motifs is 1. The monoisotopic (exact) mass is 458 g/mol. The molecule has 1 aliphatic heterocycles. The highest BCUT2D eigenvalue weighted by molar-refractivity contribution is 6.05. The highest BCUT2D eigenvalue weighted by Gasteiger charge is 2.17. The maximum Gasteiger partial charge on any atom is 0.287 e. The summed E-state index contributed by atoms with van der Waals surface area (Å²) in [7, 11) is 0. The summed E-state index contributed by atoms with van der Waals surface area (Å²) in [6.45, 7) is 0.0981. The first-order chi connectivity index (χ1) is 16.5. The van der Waals surface area contributed by atoms with Crippen LogP contribution in [0, 0.1) is 10.1 Å². The molecule has 34 heavy (non-hydrogen) atoms. The number of hydrazone groups is 1. The van der Waals surface area contributed by atoms with E-state index in [1.165, 1.54) is 24.3 Å². The molecule has 1 aliphatic rings. The second kappa shape index (κ2) is 10.1. The largest absolute Gasteiger partial charge is 0.454 e. The molecule has 0 saturated carbocycles. The van der Waals surface area contributed by atoms with Gasteiger partial charge in [0.1, 0.15) is 5.70 Å². The molecule has 0 aromatic heterocycles. The van der Waals surface area contributed by atoms with Gasteiger partial charge in [-0.05, 0) is 42.0 Å². The summed E-state index contributed by atoms with van der Waals surface area (Å²) >= 11 is 0. The van der Waals surface area contributed by atoms with Crippen molar-refractivity contribution in [2.45, 2.75) is 0 Å². The third-order valence-corrected chi connectivity index (χ3v) is 4.74. The molecule has 0 unspecified atom stereocenters. The van der Waals surface area contributed by atoms with E-state index in [0.717, 1.165) is 6.21 Å². The number of ether oxygens (including phenoxy) is 2. The van der Waals surface area contributed by atoms with E-state index in [0.29, 0.717) is 22.6 Å². The lowest BCUT2D eigenvalue weighted by molar-refractivity contribution is -0.385. The predicted octanol–water partition coefficient (Wildman–Crippen LogP) is 3.24. The molecule has 0 aliphatic carbocycles. The summed E-state index contributed by atoms with van der Waals surface area (Å²) in [5, 5.41) is 17.6. The summed E-state index contributed by atoms with van der Waals surface area (Å²) in [5.74, 6) is -0.134. The van der Waals surface area contributed by atoms with E-state index in [2.05, 4.69) is 15.8 Å². The molecule has 0 saturated heterocycles. The van der Waals surface area contributed by atoms with Crippen molar-refractivity contribution in [3.8, 4) is 11.5 Å². The molecule has 0 radical (unpaired) electrons. The Morgan fingerprint density at radius 2 is 1.71 bits per heavy atom. The van der Waals surface area contributed by atoms with Crippen molar-refractivity contribution < 1.29 is 24.0 Å². The number of carbonyl (C=O) groups is 2. The Labute approximate surface area is 193 Å². The average Bonchev–Trinajstić information content (AvgIpc) is 3.32. The number of para-hydroxylation sites is 1. The fourth-order valence-electron chi connectivity index (χ4n) is 3.10. The maximum atomic E-state index is 12.9. The fourth-order valence-corrected chi connectivity index (χ4v) is 3.10. The second-order valence-corrected chi connectivity index (χ2v) is 7.01. The number of amides is 2. The molecule has 2 N–H and O–H groups in total. The van der Waals surface area contributed by atoms with Crippen LogP contribution in [0.1, 0.15) is 21.5 Å². The van der Waals surface area contributed by atoms with Crippen LogP contribution in [-0.4, -0.2) is 29.7 Å². The van der Waals surface area contributed by atoms with E-state index in [-0.39, 0.29) is 23.7 Å². The van der Waals surface area contributed by atoms with Crippen LogP contribution < -0.4 is 20.2 Å². The minimum Gasteiger partial charge on any atom is -0.454 e. The molecule has 1 heterocycles. The summed E-state index contributed by atoms with van der Waals surface area (Å²) < 4.78 is 10.6. The molecule has 3 aromatic carbocycles. The normalized spacial score (nSPS) is 12.4. The van der Waals surface area contributed by atoms with Gasteiger partial charge in [0.15, 0.2) is 11.5 Å². The SMILES string of the molecule is O=C(N/N=C\c1ccccc1[N+](=O)[O-])/C(=C\c1ccc2c(c1)OCO2)NC(=O)c1ccccc1. The van der Waals surface area contributed by atoms with Crippen LogP contribution in [0.3, 0.4) is 0 Å². The maximum absolute atomic E-state index is 12.9. The van der Waals surface area contributed by atoms with Gasteiger partial charge >= 0.3 is 0 Å². The summed E-state index contributed by atoms with van der Waals surface area (Å²) in [5.41, 5.74) is 3.19. The lowest BCUT2D eigenvalue weighted by atomic mass is 10.1. The Hall–Kier alpha value is -4.99. The van der Waals surface area contributed by atoms with Gasteiger partial charge in [-0.2, -0.15) is 5.10 Å². The zero-order valence-corrected chi connectivity index (χ0v) is 17.6. The van der Waals surface area contributed by atoms with Gasteiger partial charge in [-0.3, -0.25) is 19.7 Å². The average molecular weight is 458 g/mol. The molecule has 4 rings (SSSR count). The van der Waals surface area contributed by atoms with E-state index >= 15 is 0 Å². The molecular formula is C24H18N4O6. The van der Waals surface area contributed by atoms with Crippen molar-refractivity contribution >= 4 is 29.8 Å². The highest BCUT2D eigenvalue weighted by Crippen LogP contribution is 2.33. The second-order valence-electron chi connectivity index (χ2n) is 7.01. The number of hydrogen-bond donors (Lipinski definition) is 2. The van der Waals surface area contributed by atoms with Crippen LogP contribution in [-0.2, 0) is 4.79 Å². The van der Waals surface area contributed by atoms with Gasteiger partial charge in [-0.1, -0.05) is 36.4 Å². The standard InChI is InChI=1S/C24H18N4O6/c29-23(17-6-2-1-3-7-17)26-19(12-16-10-11-21-22(13-16)34-15-33-21)24(30)27-25-14-18-8-4-5-9-20(18)28(31)32/h1-14H,15H2,(H,26,29)(H,27,30)/b19-12+,25-14-. The smallest absolute Gasteiger partial charge is 0.287 e. The minimum atomic E-state index is -0.725. The van der Waals surface area contributed by atoms with Gasteiger partial charge in [0.2, 0.25) is 6.79 Å². The van der Waals surface area contributed by atoms with Crippen molar-refractivity contribution in [1.82, 2.24) is 10.7 Å². The third-order valence-electron chi connectivity index (χ3n) is 4.74. The number of nitro benzene ring substituents is 1. The first-order valence-electron chi connectivity index (χ1n) is 10.1. The third kappa shape index (κ3) is 5.25. The van der Waals surface area contributed by atoms with E-state index in [4.69, 9.17) is 9.47 Å². The Balaban J connectivity index is 1.57. The first kappa shape index (κ1) is 22.2. The van der Waals surface area contributed by atoms with E-state index in [1.807, 2.05) is 0 Å². The molecule has 170 valence electrons. The van der Waals surface area contributed by atoms with Gasteiger partial charge in [-0.15, -0.1) is 0 Å². The quantitative estimate of drug-likeness (QED) is 0.242. The van der Waals surface area contributed by atoms with Gasteiger partial charge in [0.25, 0.3) is 17.5 Å². The van der Waals surface area contributed by atoms with Crippen molar-refractivity contribution in [2.24, 2.45) is 5.10 Å². The topological polar surface area (TPSA) is 132 Å². The zero-order valence-electron chi connectivity index (χ0n) is 17.6. The Kier molecular flexibility index (Phi) is 6.59. The fraction of sp³-hybridized carbons (Fsp3) is 0.0417. The van der Waals surface area contributed by atoms with Crippen molar-refractivity contribution in [1.29, 1.82) is 0 Å². The van der Waals surface area contributed by atoms with E-state index in [1.54, 1.807) is 54.6 Å². The van der Waals surface area contributed by atoms with Crippen molar-refractivity contribution in [2.75, 3.05) is 6.79 Å². The Bertz CT molecular complexity index is 1300. The van der Waals surface area contributed by atoms with Gasteiger partial charge in [0, 0.05) is 11.6 Å². The molecule has 10 nitrogen and oxygen atoms in total. The number of benzene rings is 3. The van der Waals surface area contributed by atoms with Crippen LogP contribution in [0.4, 0.5) is 5.69 Å². The Morgan fingerprint density at radius 1 is 0.971 bits per heavy atom. The van der Waals surface area contributed by atoms with E-state index < -0.39 is 16.7 Å². The number of rotatable bonds is 7. The summed E-state index contributed by atoms with van der Waals surface area (Å²) in [4.78, 5) is 36.1. The molecule has 0 fully saturated rings. The van der Waals surface area contributed by atoms with Crippen LogP contribution in [0.15, 0.2) is 83.6 Å². The van der Waals surface area contributed by atoms with Gasteiger partial charge in [0.05, 0.1) is 16.7 Å². The van der Waals surface area contributed by atoms with E-state index in [9.17, 15) is 19.7 Å². The van der Waals surface area contributed by atoms with Crippen LogP contribution in [0.25, 0.3) is 6.08 Å². The zero-order chi connectivity index (χ0) is 23.9. The predicted molar refractivity (Wildman–Crippen MR) is 123 cm³/mol. The van der Waals surface area contributed by atoms with Gasteiger partial charge < -0.3 is 14.8 Å². The Morgan fingerprint density at radius 3 is 2.50 bits per heavy atom. The lowest BCUT2D eigenvalue weighted by Crippen LogP contribution is -2.32. The first-order valence-corrected chi connectivity index (χ1v) is 10.1. The molecule has 0 bridgehead atoms. The number of nitrogens with zero attached hydrogens (tertiary/aromatic N) is 2. The highest BCUT2D eigenvalue weighted by atomic mass is 16.7. The van der Waals surface area contributed by atoms with Crippen LogP contribution in [0.2, 0.25) is 0 Å². The molecule has 3 aromatic rings. The number of nitro groups is 1. The lowest BCUT2D eigenvalue weighted by Gasteiger charge is -2.09. The number of nitrogens with one attached hydrogen (secondary N) is 2. The molecule has 10 heteroatoms. The van der Waals surface area contributed by atoms with Crippen molar-refractivity contribution in [3.63, 3.8) is 0 Å².